The summed E-state index contributed by atoms with van der Waals surface area (Å²) < 4.78 is 0. The van der Waals surface area contributed by atoms with Gasteiger partial charge in [0.15, 0.2) is 0 Å². The standard InChI is InChI=1S/C15H21N3O/c1-2-14(19)18-8-6-11(7-9-18)12-4-3-5-13(10-12)15(16)17/h3-5,10-11H,2,6-9H2,1H3,(H3,16,17). The Labute approximate surface area is 114 Å². The molecule has 0 unspecified atom stereocenters. The molecule has 0 radical (unpaired) electrons. The van der Waals surface area contributed by atoms with E-state index >= 15 is 0 Å². The van der Waals surface area contributed by atoms with E-state index in [0.29, 0.717) is 12.3 Å². The number of benzene rings is 1. The lowest BCUT2D eigenvalue weighted by Gasteiger charge is -2.32. The van der Waals surface area contributed by atoms with Crippen molar-refractivity contribution in [3.8, 4) is 0 Å². The monoisotopic (exact) mass is 259 g/mol. The van der Waals surface area contributed by atoms with E-state index in [0.717, 1.165) is 31.5 Å². The fourth-order valence-corrected chi connectivity index (χ4v) is 2.65. The van der Waals surface area contributed by atoms with Crippen molar-refractivity contribution in [2.24, 2.45) is 5.73 Å². The summed E-state index contributed by atoms with van der Waals surface area (Å²) in [6.07, 6.45) is 2.57. The Morgan fingerprint density at radius 3 is 2.68 bits per heavy atom. The van der Waals surface area contributed by atoms with Gasteiger partial charge in [0.2, 0.25) is 5.91 Å². The molecule has 0 saturated carbocycles. The average Bonchev–Trinajstić information content (AvgIpc) is 2.46. The van der Waals surface area contributed by atoms with Crippen LogP contribution >= 0.6 is 0 Å². The van der Waals surface area contributed by atoms with Gasteiger partial charge in [-0.25, -0.2) is 0 Å². The number of piperidine rings is 1. The first-order valence-corrected chi connectivity index (χ1v) is 6.84. The molecule has 1 aromatic rings. The molecule has 102 valence electrons. The summed E-state index contributed by atoms with van der Waals surface area (Å²) in [6.45, 7) is 3.58. The zero-order chi connectivity index (χ0) is 13.8. The SMILES string of the molecule is CCC(=O)N1CCC(c2cccc(C(=N)N)c2)CC1. The number of carbonyl (C=O) groups is 1. The number of amidine groups is 1. The van der Waals surface area contributed by atoms with E-state index in [-0.39, 0.29) is 11.7 Å². The highest BCUT2D eigenvalue weighted by molar-refractivity contribution is 5.95. The number of carbonyl (C=O) groups excluding carboxylic acids is 1. The van der Waals surface area contributed by atoms with Crippen molar-refractivity contribution < 1.29 is 4.79 Å². The van der Waals surface area contributed by atoms with Gasteiger partial charge in [-0.1, -0.05) is 25.1 Å². The summed E-state index contributed by atoms with van der Waals surface area (Å²) in [5, 5.41) is 7.48. The van der Waals surface area contributed by atoms with Crippen LogP contribution in [-0.2, 0) is 4.79 Å². The van der Waals surface area contributed by atoms with Crippen LogP contribution < -0.4 is 5.73 Å². The third-order valence-corrected chi connectivity index (χ3v) is 3.82. The molecule has 4 nitrogen and oxygen atoms in total. The predicted molar refractivity (Wildman–Crippen MR) is 76.3 cm³/mol. The van der Waals surface area contributed by atoms with Gasteiger partial charge in [0, 0.05) is 25.1 Å². The fourth-order valence-electron chi connectivity index (χ4n) is 2.65. The molecule has 19 heavy (non-hydrogen) atoms. The minimum atomic E-state index is 0.112. The second-order valence-electron chi connectivity index (χ2n) is 5.05. The molecule has 0 bridgehead atoms. The maximum Gasteiger partial charge on any atom is 0.222 e. The topological polar surface area (TPSA) is 70.2 Å². The van der Waals surface area contributed by atoms with Crippen LogP contribution in [0, 0.1) is 5.41 Å². The Balaban J connectivity index is 2.03. The number of likely N-dealkylation sites (tertiary alicyclic amines) is 1. The minimum absolute atomic E-state index is 0.112. The fraction of sp³-hybridized carbons (Fsp3) is 0.467. The molecule has 0 aromatic heterocycles. The van der Waals surface area contributed by atoms with Crippen molar-refractivity contribution in [1.82, 2.24) is 4.90 Å². The molecule has 3 N–H and O–H groups in total. The maximum absolute atomic E-state index is 11.6. The molecular formula is C15H21N3O. The largest absolute Gasteiger partial charge is 0.384 e. The number of hydrogen-bond donors (Lipinski definition) is 2. The van der Waals surface area contributed by atoms with E-state index in [2.05, 4.69) is 6.07 Å². The van der Waals surface area contributed by atoms with Crippen LogP contribution in [0.15, 0.2) is 24.3 Å². The van der Waals surface area contributed by atoms with Crippen molar-refractivity contribution in [2.75, 3.05) is 13.1 Å². The Bertz CT molecular complexity index is 476. The smallest absolute Gasteiger partial charge is 0.222 e. The third-order valence-electron chi connectivity index (χ3n) is 3.82. The second-order valence-corrected chi connectivity index (χ2v) is 5.05. The van der Waals surface area contributed by atoms with E-state index in [1.54, 1.807) is 0 Å². The quantitative estimate of drug-likeness (QED) is 0.644. The van der Waals surface area contributed by atoms with Crippen LogP contribution in [0.25, 0.3) is 0 Å². The molecule has 1 aliphatic rings. The van der Waals surface area contributed by atoms with Crippen LogP contribution in [0.2, 0.25) is 0 Å². The number of nitrogens with zero attached hydrogens (tertiary/aromatic N) is 1. The molecule has 1 saturated heterocycles. The molecule has 1 aromatic carbocycles. The van der Waals surface area contributed by atoms with E-state index in [9.17, 15) is 4.79 Å². The summed E-state index contributed by atoms with van der Waals surface area (Å²) >= 11 is 0. The van der Waals surface area contributed by atoms with Gasteiger partial charge in [0.05, 0.1) is 0 Å². The Hall–Kier alpha value is -1.84. The number of hydrogen-bond acceptors (Lipinski definition) is 2. The van der Waals surface area contributed by atoms with Gasteiger partial charge in [-0.15, -0.1) is 0 Å². The van der Waals surface area contributed by atoms with Gasteiger partial charge in [0.25, 0.3) is 0 Å². The number of amides is 1. The summed E-state index contributed by atoms with van der Waals surface area (Å²) in [6, 6.07) is 7.91. The van der Waals surface area contributed by atoms with Gasteiger partial charge >= 0.3 is 0 Å². The van der Waals surface area contributed by atoms with Crippen LogP contribution in [0.4, 0.5) is 0 Å². The number of nitrogen functional groups attached to an aromatic ring is 1. The van der Waals surface area contributed by atoms with Gasteiger partial charge in [0.1, 0.15) is 5.84 Å². The van der Waals surface area contributed by atoms with Crippen molar-refractivity contribution in [2.45, 2.75) is 32.1 Å². The van der Waals surface area contributed by atoms with Gasteiger partial charge in [-0.3, -0.25) is 10.2 Å². The summed E-state index contributed by atoms with van der Waals surface area (Å²) in [7, 11) is 0. The molecule has 0 aliphatic carbocycles. The lowest BCUT2D eigenvalue weighted by molar-refractivity contribution is -0.131. The van der Waals surface area contributed by atoms with Gasteiger partial charge in [-0.05, 0) is 30.4 Å². The van der Waals surface area contributed by atoms with Gasteiger partial charge in [-0.2, -0.15) is 0 Å². The van der Waals surface area contributed by atoms with Crippen LogP contribution in [0.5, 0.6) is 0 Å². The minimum Gasteiger partial charge on any atom is -0.384 e. The number of rotatable bonds is 3. The highest BCUT2D eigenvalue weighted by atomic mass is 16.2. The maximum atomic E-state index is 11.6. The lowest BCUT2D eigenvalue weighted by atomic mass is 9.88. The third kappa shape index (κ3) is 3.13. The zero-order valence-corrected chi connectivity index (χ0v) is 11.4. The average molecular weight is 259 g/mol. The second kappa shape index (κ2) is 5.87. The first kappa shape index (κ1) is 13.6. The molecular weight excluding hydrogens is 238 g/mol. The molecule has 1 amide bonds. The van der Waals surface area contributed by atoms with E-state index in [4.69, 9.17) is 11.1 Å². The van der Waals surface area contributed by atoms with E-state index in [1.165, 1.54) is 5.56 Å². The molecule has 0 spiro atoms. The van der Waals surface area contributed by atoms with Gasteiger partial charge < -0.3 is 10.6 Å². The predicted octanol–water partition coefficient (Wildman–Crippen LogP) is 2.09. The summed E-state index contributed by atoms with van der Waals surface area (Å²) in [5.41, 5.74) is 7.54. The Morgan fingerprint density at radius 1 is 1.42 bits per heavy atom. The van der Waals surface area contributed by atoms with Crippen molar-refractivity contribution in [1.29, 1.82) is 5.41 Å². The molecule has 4 heteroatoms. The van der Waals surface area contributed by atoms with Crippen LogP contribution in [0.3, 0.4) is 0 Å². The Morgan fingerprint density at radius 2 is 2.11 bits per heavy atom. The summed E-state index contributed by atoms with van der Waals surface area (Å²) in [5.74, 6) is 0.830. The first-order chi connectivity index (χ1) is 9.11. The normalized spacial score (nSPS) is 16.4. The summed E-state index contributed by atoms with van der Waals surface area (Å²) in [4.78, 5) is 13.6. The molecule has 2 rings (SSSR count). The first-order valence-electron chi connectivity index (χ1n) is 6.84. The van der Waals surface area contributed by atoms with Crippen LogP contribution in [0.1, 0.15) is 43.2 Å². The Kier molecular flexibility index (Phi) is 4.20. The molecule has 1 heterocycles. The number of nitrogens with one attached hydrogen (secondary N) is 1. The lowest BCUT2D eigenvalue weighted by Crippen LogP contribution is -2.37. The highest BCUT2D eigenvalue weighted by Crippen LogP contribution is 2.28. The zero-order valence-electron chi connectivity index (χ0n) is 11.4. The van der Waals surface area contributed by atoms with E-state index < -0.39 is 0 Å². The molecule has 0 atom stereocenters. The molecule has 1 fully saturated rings. The van der Waals surface area contributed by atoms with Crippen molar-refractivity contribution in [3.63, 3.8) is 0 Å². The van der Waals surface area contributed by atoms with E-state index in [1.807, 2.05) is 30.0 Å². The molecule has 1 aliphatic heterocycles. The van der Waals surface area contributed by atoms with Crippen molar-refractivity contribution >= 4 is 11.7 Å². The number of nitrogens with two attached hydrogens (primary N) is 1. The highest BCUT2D eigenvalue weighted by Gasteiger charge is 2.23. The van der Waals surface area contributed by atoms with Crippen LogP contribution in [-0.4, -0.2) is 29.7 Å². The van der Waals surface area contributed by atoms with Crippen molar-refractivity contribution in [3.05, 3.63) is 35.4 Å².